The SMILES string of the molecule is CCNC(=NCCc1cccc(O)c1)NC1CCCN(C(=O)OC(C)(C)C)C1. The summed E-state index contributed by atoms with van der Waals surface area (Å²) < 4.78 is 5.49. The van der Waals surface area contributed by atoms with Crippen molar-refractivity contribution >= 4 is 12.1 Å². The topological polar surface area (TPSA) is 86.2 Å². The highest BCUT2D eigenvalue weighted by molar-refractivity contribution is 5.80. The Morgan fingerprint density at radius 1 is 1.39 bits per heavy atom. The lowest BCUT2D eigenvalue weighted by molar-refractivity contribution is 0.0193. The van der Waals surface area contributed by atoms with Crippen LogP contribution in [0.5, 0.6) is 5.75 Å². The summed E-state index contributed by atoms with van der Waals surface area (Å²) in [6, 6.07) is 7.38. The highest BCUT2D eigenvalue weighted by Gasteiger charge is 2.27. The molecule has 7 nitrogen and oxygen atoms in total. The number of hydrogen-bond donors (Lipinski definition) is 3. The van der Waals surface area contributed by atoms with Crippen LogP contribution in [0.15, 0.2) is 29.3 Å². The number of nitrogens with zero attached hydrogens (tertiary/aromatic N) is 2. The standard InChI is InChI=1S/C21H34N4O3/c1-5-22-19(23-12-11-16-8-6-10-18(26)14-16)24-17-9-7-13-25(15-17)20(27)28-21(2,3)4/h6,8,10,14,17,26H,5,7,9,11-13,15H2,1-4H3,(H2,22,23,24). The Bertz CT molecular complexity index is 670. The molecule has 1 aliphatic heterocycles. The second kappa shape index (κ2) is 10.2. The van der Waals surface area contributed by atoms with Gasteiger partial charge in [-0.05, 0) is 64.7 Å². The fourth-order valence-electron chi connectivity index (χ4n) is 3.11. The number of phenolic OH excluding ortho intramolecular Hbond substituents is 1. The molecule has 0 spiro atoms. The van der Waals surface area contributed by atoms with Crippen molar-refractivity contribution < 1.29 is 14.6 Å². The number of ether oxygens (including phenoxy) is 1. The number of hydrogen-bond acceptors (Lipinski definition) is 4. The Labute approximate surface area is 168 Å². The zero-order chi connectivity index (χ0) is 20.6. The van der Waals surface area contributed by atoms with E-state index in [9.17, 15) is 9.90 Å². The number of nitrogens with one attached hydrogen (secondary N) is 2. The van der Waals surface area contributed by atoms with E-state index in [0.29, 0.717) is 13.1 Å². The van der Waals surface area contributed by atoms with E-state index in [2.05, 4.69) is 15.6 Å². The Balaban J connectivity index is 1.90. The third kappa shape index (κ3) is 7.66. The van der Waals surface area contributed by atoms with Crippen molar-refractivity contribution in [1.82, 2.24) is 15.5 Å². The molecule has 1 aliphatic rings. The van der Waals surface area contributed by atoms with Crippen LogP contribution in [0.25, 0.3) is 0 Å². The van der Waals surface area contributed by atoms with Crippen molar-refractivity contribution in [3.8, 4) is 5.75 Å². The summed E-state index contributed by atoms with van der Waals surface area (Å²) in [5, 5.41) is 16.3. The number of phenols is 1. The molecule has 0 bridgehead atoms. The molecule has 0 radical (unpaired) electrons. The van der Waals surface area contributed by atoms with Crippen molar-refractivity contribution in [3.05, 3.63) is 29.8 Å². The molecule has 0 aliphatic carbocycles. The summed E-state index contributed by atoms with van der Waals surface area (Å²) in [6.07, 6.45) is 2.40. The van der Waals surface area contributed by atoms with Gasteiger partial charge in [0, 0.05) is 32.2 Å². The van der Waals surface area contributed by atoms with Crippen LogP contribution in [-0.2, 0) is 11.2 Å². The molecular formula is C21H34N4O3. The molecule has 0 saturated carbocycles. The molecule has 1 aromatic carbocycles. The fraction of sp³-hybridized carbons (Fsp3) is 0.619. The van der Waals surface area contributed by atoms with E-state index in [1.807, 2.05) is 39.8 Å². The first-order valence-electron chi connectivity index (χ1n) is 10.1. The van der Waals surface area contributed by atoms with Gasteiger partial charge in [0.15, 0.2) is 5.96 Å². The van der Waals surface area contributed by atoms with E-state index in [1.54, 1.807) is 17.0 Å². The maximum Gasteiger partial charge on any atom is 0.410 e. The lowest BCUT2D eigenvalue weighted by Gasteiger charge is -2.35. The maximum atomic E-state index is 12.3. The quantitative estimate of drug-likeness (QED) is 0.532. The minimum absolute atomic E-state index is 0.139. The summed E-state index contributed by atoms with van der Waals surface area (Å²) in [4.78, 5) is 18.7. The molecule has 2 rings (SSSR count). The number of carbonyl (C=O) groups is 1. The van der Waals surface area contributed by atoms with Crippen LogP contribution < -0.4 is 10.6 Å². The third-order valence-corrected chi connectivity index (χ3v) is 4.34. The van der Waals surface area contributed by atoms with Crippen molar-refractivity contribution in [2.45, 2.75) is 58.6 Å². The third-order valence-electron chi connectivity index (χ3n) is 4.34. The molecule has 156 valence electrons. The Kier molecular flexibility index (Phi) is 7.96. The summed E-state index contributed by atoms with van der Waals surface area (Å²) >= 11 is 0. The summed E-state index contributed by atoms with van der Waals surface area (Å²) in [5.41, 5.74) is 0.563. The number of guanidine groups is 1. The minimum Gasteiger partial charge on any atom is -0.508 e. The van der Waals surface area contributed by atoms with E-state index >= 15 is 0 Å². The Morgan fingerprint density at radius 3 is 2.86 bits per heavy atom. The molecular weight excluding hydrogens is 356 g/mol. The highest BCUT2D eigenvalue weighted by Crippen LogP contribution is 2.15. The first-order chi connectivity index (χ1) is 13.3. The van der Waals surface area contributed by atoms with Crippen LogP contribution >= 0.6 is 0 Å². The number of piperidine rings is 1. The van der Waals surface area contributed by atoms with Crippen molar-refractivity contribution in [1.29, 1.82) is 0 Å². The van der Waals surface area contributed by atoms with E-state index in [4.69, 9.17) is 4.74 Å². The van der Waals surface area contributed by atoms with Gasteiger partial charge in [-0.15, -0.1) is 0 Å². The van der Waals surface area contributed by atoms with E-state index in [1.165, 1.54) is 0 Å². The molecule has 1 saturated heterocycles. The van der Waals surface area contributed by atoms with Gasteiger partial charge < -0.3 is 25.4 Å². The average molecular weight is 391 g/mol. The van der Waals surface area contributed by atoms with Crippen LogP contribution in [0.3, 0.4) is 0 Å². The zero-order valence-electron chi connectivity index (χ0n) is 17.5. The number of carbonyl (C=O) groups excluding carboxylic acids is 1. The first kappa shape index (κ1) is 21.9. The maximum absolute atomic E-state index is 12.3. The van der Waals surface area contributed by atoms with Crippen LogP contribution in [-0.4, -0.2) is 59.9 Å². The first-order valence-corrected chi connectivity index (χ1v) is 10.1. The fourth-order valence-corrected chi connectivity index (χ4v) is 3.11. The lowest BCUT2D eigenvalue weighted by atomic mass is 10.1. The normalized spacial score (nSPS) is 17.9. The second-order valence-corrected chi connectivity index (χ2v) is 8.09. The number of rotatable bonds is 5. The van der Waals surface area contributed by atoms with Crippen molar-refractivity contribution in [2.75, 3.05) is 26.2 Å². The van der Waals surface area contributed by atoms with Gasteiger partial charge in [-0.1, -0.05) is 12.1 Å². The average Bonchev–Trinajstić information content (AvgIpc) is 2.61. The van der Waals surface area contributed by atoms with Crippen LogP contribution in [0.2, 0.25) is 0 Å². The van der Waals surface area contributed by atoms with Gasteiger partial charge in [0.1, 0.15) is 11.4 Å². The molecule has 28 heavy (non-hydrogen) atoms. The summed E-state index contributed by atoms with van der Waals surface area (Å²) in [6.45, 7) is 10.4. The molecule has 0 aromatic heterocycles. The molecule has 1 amide bonds. The Morgan fingerprint density at radius 2 is 2.18 bits per heavy atom. The number of amides is 1. The summed E-state index contributed by atoms with van der Waals surface area (Å²) in [7, 11) is 0. The van der Waals surface area contributed by atoms with Gasteiger partial charge in [0.05, 0.1) is 0 Å². The molecule has 1 unspecified atom stereocenters. The van der Waals surface area contributed by atoms with Crippen LogP contribution in [0, 0.1) is 0 Å². The van der Waals surface area contributed by atoms with Crippen molar-refractivity contribution in [2.24, 2.45) is 4.99 Å². The molecule has 1 heterocycles. The Hall–Kier alpha value is -2.44. The van der Waals surface area contributed by atoms with Gasteiger partial charge in [-0.3, -0.25) is 4.99 Å². The lowest BCUT2D eigenvalue weighted by Crippen LogP contribution is -2.53. The van der Waals surface area contributed by atoms with E-state index < -0.39 is 5.60 Å². The number of aliphatic imine (C=N–C) groups is 1. The largest absolute Gasteiger partial charge is 0.508 e. The smallest absolute Gasteiger partial charge is 0.410 e. The van der Waals surface area contributed by atoms with Gasteiger partial charge in [0.25, 0.3) is 0 Å². The molecule has 7 heteroatoms. The predicted octanol–water partition coefficient (Wildman–Crippen LogP) is 2.89. The predicted molar refractivity (Wildman–Crippen MR) is 112 cm³/mol. The molecule has 3 N–H and O–H groups in total. The summed E-state index contributed by atoms with van der Waals surface area (Å²) in [5.74, 6) is 1.02. The van der Waals surface area contributed by atoms with Gasteiger partial charge in [0.2, 0.25) is 0 Å². The van der Waals surface area contributed by atoms with Gasteiger partial charge in [-0.25, -0.2) is 4.79 Å². The number of aromatic hydroxyl groups is 1. The van der Waals surface area contributed by atoms with Crippen molar-refractivity contribution in [3.63, 3.8) is 0 Å². The zero-order valence-corrected chi connectivity index (χ0v) is 17.5. The van der Waals surface area contributed by atoms with Crippen LogP contribution in [0.4, 0.5) is 4.79 Å². The molecule has 1 fully saturated rings. The number of benzene rings is 1. The molecule has 1 atom stereocenters. The minimum atomic E-state index is -0.486. The van der Waals surface area contributed by atoms with E-state index in [0.717, 1.165) is 43.9 Å². The van der Waals surface area contributed by atoms with Gasteiger partial charge in [-0.2, -0.15) is 0 Å². The monoisotopic (exact) mass is 390 g/mol. The van der Waals surface area contributed by atoms with E-state index in [-0.39, 0.29) is 17.9 Å². The highest BCUT2D eigenvalue weighted by atomic mass is 16.6. The number of likely N-dealkylation sites (tertiary alicyclic amines) is 1. The second-order valence-electron chi connectivity index (χ2n) is 8.09. The van der Waals surface area contributed by atoms with Crippen LogP contribution in [0.1, 0.15) is 46.1 Å². The molecule has 1 aromatic rings. The van der Waals surface area contributed by atoms with Gasteiger partial charge >= 0.3 is 6.09 Å².